The van der Waals surface area contributed by atoms with Crippen LogP contribution in [-0.4, -0.2) is 4.57 Å². The maximum absolute atomic E-state index is 12.8. The van der Waals surface area contributed by atoms with Gasteiger partial charge in [-0.1, -0.05) is 29.8 Å². The van der Waals surface area contributed by atoms with Crippen LogP contribution in [0.15, 0.2) is 54.6 Å². The number of nitrogens with zero attached hydrogens (tertiary/aromatic N) is 2. The van der Waals surface area contributed by atoms with Crippen molar-refractivity contribution in [3.05, 3.63) is 88.2 Å². The first-order valence-electron chi connectivity index (χ1n) is 8.76. The number of hydrogen-bond donors (Lipinski definition) is 0. The Hall–Kier alpha value is -3.26. The molecule has 0 saturated carbocycles. The van der Waals surface area contributed by atoms with Gasteiger partial charge in [0.2, 0.25) is 0 Å². The summed E-state index contributed by atoms with van der Waals surface area (Å²) in [6, 6.07) is 16.9. The topological polar surface area (TPSA) is 28.7 Å². The van der Waals surface area contributed by atoms with Gasteiger partial charge in [-0.3, -0.25) is 0 Å². The molecule has 1 aromatic heterocycles. The van der Waals surface area contributed by atoms with Crippen molar-refractivity contribution in [1.29, 1.82) is 5.26 Å². The molecule has 2 nitrogen and oxygen atoms in total. The minimum absolute atomic E-state index is 0.317. The van der Waals surface area contributed by atoms with E-state index in [2.05, 4.69) is 10.6 Å². The van der Waals surface area contributed by atoms with Crippen LogP contribution in [0, 0.1) is 32.1 Å². The van der Waals surface area contributed by atoms with E-state index >= 15 is 0 Å². The van der Waals surface area contributed by atoms with Crippen LogP contribution in [0.25, 0.3) is 17.3 Å². The molecular weight excluding hydrogens is 361 g/mol. The molecule has 0 amide bonds. The summed E-state index contributed by atoms with van der Waals surface area (Å²) in [5.41, 5.74) is 5.06. The van der Waals surface area contributed by atoms with E-state index in [1.807, 2.05) is 51.1 Å². The van der Waals surface area contributed by atoms with E-state index in [0.29, 0.717) is 11.1 Å². The number of halogens is 3. The van der Waals surface area contributed by atoms with Crippen LogP contribution >= 0.6 is 0 Å². The van der Waals surface area contributed by atoms with Crippen molar-refractivity contribution in [1.82, 2.24) is 4.57 Å². The minimum Gasteiger partial charge on any atom is -0.318 e. The molecule has 0 N–H and O–H groups in total. The highest BCUT2D eigenvalue weighted by molar-refractivity contribution is 5.90. The number of allylic oxidation sites excluding steroid dienone is 1. The lowest BCUT2D eigenvalue weighted by atomic mass is 10.0. The van der Waals surface area contributed by atoms with Crippen LogP contribution < -0.4 is 0 Å². The fraction of sp³-hybridized carbons (Fsp3) is 0.174. The van der Waals surface area contributed by atoms with Crippen LogP contribution in [0.3, 0.4) is 0 Å². The van der Waals surface area contributed by atoms with E-state index in [0.717, 1.165) is 34.8 Å². The van der Waals surface area contributed by atoms with Gasteiger partial charge < -0.3 is 4.57 Å². The van der Waals surface area contributed by atoms with E-state index in [1.54, 1.807) is 6.08 Å². The van der Waals surface area contributed by atoms with Crippen molar-refractivity contribution >= 4 is 11.6 Å². The van der Waals surface area contributed by atoms with E-state index in [1.165, 1.54) is 17.7 Å². The van der Waals surface area contributed by atoms with Gasteiger partial charge in [0.25, 0.3) is 0 Å². The smallest absolute Gasteiger partial charge is 0.318 e. The van der Waals surface area contributed by atoms with Crippen LogP contribution in [0.4, 0.5) is 13.2 Å². The molecule has 28 heavy (non-hydrogen) atoms. The Labute approximate surface area is 162 Å². The third-order valence-electron chi connectivity index (χ3n) is 4.71. The Balaban J connectivity index is 2.01. The molecular formula is C23H19F3N2. The lowest BCUT2D eigenvalue weighted by Gasteiger charge is -2.10. The van der Waals surface area contributed by atoms with Gasteiger partial charge in [0, 0.05) is 17.1 Å². The number of alkyl halides is 3. The molecule has 0 aliphatic heterocycles. The Morgan fingerprint density at radius 1 is 0.964 bits per heavy atom. The Bertz CT molecular complexity index is 1060. The van der Waals surface area contributed by atoms with Crippen molar-refractivity contribution in [2.45, 2.75) is 26.9 Å². The molecule has 2 aromatic carbocycles. The average Bonchev–Trinajstić information content (AvgIpc) is 2.93. The number of rotatable bonds is 3. The molecule has 0 unspecified atom stereocenters. The van der Waals surface area contributed by atoms with E-state index in [9.17, 15) is 18.4 Å². The first-order chi connectivity index (χ1) is 13.2. The lowest BCUT2D eigenvalue weighted by molar-refractivity contribution is -0.137. The maximum Gasteiger partial charge on any atom is 0.416 e. The van der Waals surface area contributed by atoms with Crippen LogP contribution in [0.1, 0.15) is 33.6 Å². The lowest BCUT2D eigenvalue weighted by Crippen LogP contribution is -2.04. The summed E-state index contributed by atoms with van der Waals surface area (Å²) in [5.74, 6) is 0. The third kappa shape index (κ3) is 3.86. The van der Waals surface area contributed by atoms with Crippen molar-refractivity contribution < 1.29 is 13.2 Å². The molecule has 0 bridgehead atoms. The average molecular weight is 380 g/mol. The summed E-state index contributed by atoms with van der Waals surface area (Å²) in [6.07, 6.45) is -2.68. The third-order valence-corrected chi connectivity index (χ3v) is 4.71. The zero-order valence-electron chi connectivity index (χ0n) is 15.8. The van der Waals surface area contributed by atoms with Gasteiger partial charge in [-0.2, -0.15) is 18.4 Å². The fourth-order valence-electron chi connectivity index (χ4n) is 3.20. The molecule has 1 heterocycles. The second-order valence-electron chi connectivity index (χ2n) is 6.74. The Morgan fingerprint density at radius 3 is 2.11 bits per heavy atom. The molecule has 142 valence electrons. The molecule has 3 aromatic rings. The second kappa shape index (κ2) is 7.40. The fourth-order valence-corrected chi connectivity index (χ4v) is 3.20. The Kier molecular flexibility index (Phi) is 5.15. The molecule has 5 heteroatoms. The van der Waals surface area contributed by atoms with Crippen LogP contribution in [-0.2, 0) is 6.18 Å². The van der Waals surface area contributed by atoms with Crippen LogP contribution in [0.5, 0.6) is 0 Å². The standard InChI is InChI=1S/C23H19F3N2/c1-15-4-10-22(11-5-15)28-16(2)12-19(17(28)3)13-20(14-27)18-6-8-21(9-7-18)23(24,25)26/h4-13H,1-3H3/b20-13-. The summed E-state index contributed by atoms with van der Waals surface area (Å²) in [4.78, 5) is 0. The van der Waals surface area contributed by atoms with E-state index in [-0.39, 0.29) is 0 Å². The molecule has 0 saturated heterocycles. The van der Waals surface area contributed by atoms with Gasteiger partial charge in [0.15, 0.2) is 0 Å². The monoisotopic (exact) mass is 380 g/mol. The molecule has 0 fully saturated rings. The summed E-state index contributed by atoms with van der Waals surface area (Å²) in [6.45, 7) is 5.96. The highest BCUT2D eigenvalue weighted by Gasteiger charge is 2.30. The van der Waals surface area contributed by atoms with Gasteiger partial charge in [0.05, 0.1) is 17.2 Å². The van der Waals surface area contributed by atoms with E-state index < -0.39 is 11.7 Å². The highest BCUT2D eigenvalue weighted by atomic mass is 19.4. The molecule has 0 radical (unpaired) electrons. The van der Waals surface area contributed by atoms with E-state index in [4.69, 9.17) is 0 Å². The second-order valence-corrected chi connectivity index (χ2v) is 6.74. The number of aromatic nitrogens is 1. The minimum atomic E-state index is -4.39. The van der Waals surface area contributed by atoms with Gasteiger partial charge >= 0.3 is 6.18 Å². The summed E-state index contributed by atoms with van der Waals surface area (Å²) >= 11 is 0. The van der Waals surface area contributed by atoms with Crippen molar-refractivity contribution in [2.24, 2.45) is 0 Å². The van der Waals surface area contributed by atoms with Gasteiger partial charge in [-0.05, 0) is 68.3 Å². The van der Waals surface area contributed by atoms with Gasteiger partial charge in [0.1, 0.15) is 0 Å². The van der Waals surface area contributed by atoms with Crippen molar-refractivity contribution in [3.63, 3.8) is 0 Å². The highest BCUT2D eigenvalue weighted by Crippen LogP contribution is 2.31. The van der Waals surface area contributed by atoms with Gasteiger partial charge in [-0.15, -0.1) is 0 Å². The zero-order chi connectivity index (χ0) is 20.5. The van der Waals surface area contributed by atoms with Crippen LogP contribution in [0.2, 0.25) is 0 Å². The first-order valence-corrected chi connectivity index (χ1v) is 8.76. The summed E-state index contributed by atoms with van der Waals surface area (Å²) < 4.78 is 40.4. The molecule has 3 rings (SSSR count). The summed E-state index contributed by atoms with van der Waals surface area (Å²) in [7, 11) is 0. The molecule has 0 aliphatic carbocycles. The normalized spacial score (nSPS) is 12.1. The Morgan fingerprint density at radius 2 is 1.57 bits per heavy atom. The predicted octanol–water partition coefficient (Wildman–Crippen LogP) is 6.49. The molecule has 0 atom stereocenters. The predicted molar refractivity (Wildman–Crippen MR) is 105 cm³/mol. The maximum atomic E-state index is 12.8. The number of hydrogen-bond acceptors (Lipinski definition) is 1. The largest absolute Gasteiger partial charge is 0.416 e. The molecule has 0 spiro atoms. The summed E-state index contributed by atoms with van der Waals surface area (Å²) in [5, 5.41) is 9.54. The number of benzene rings is 2. The first kappa shape index (κ1) is 19.5. The SMILES string of the molecule is Cc1ccc(-n2c(C)cc(/C=C(/C#N)c3ccc(C(F)(F)F)cc3)c2C)cc1. The van der Waals surface area contributed by atoms with Crippen molar-refractivity contribution in [3.8, 4) is 11.8 Å². The quantitative estimate of drug-likeness (QED) is 0.478. The zero-order valence-corrected chi connectivity index (χ0v) is 15.8. The van der Waals surface area contributed by atoms with Gasteiger partial charge in [-0.25, -0.2) is 0 Å². The number of nitriles is 1. The van der Waals surface area contributed by atoms with Crippen molar-refractivity contribution in [2.75, 3.05) is 0 Å². The molecule has 0 aliphatic rings. The number of aryl methyl sites for hydroxylation is 2.